The van der Waals surface area contributed by atoms with Gasteiger partial charge in [-0.3, -0.25) is 0 Å². The number of benzene rings is 10. The van der Waals surface area contributed by atoms with Crippen molar-refractivity contribution in [2.75, 3.05) is 0 Å². The third-order valence-corrected chi connectivity index (χ3v) is 13.8. The smallest absolute Gasteiger partial charge is 0.135 e. The van der Waals surface area contributed by atoms with Crippen LogP contribution in [0.25, 0.3) is 125 Å². The zero-order chi connectivity index (χ0) is 40.6. The molecule has 61 heavy (non-hydrogen) atoms. The molecule has 1 nitrogen and oxygen atoms in total. The molecule has 2 aromatic heterocycles. The summed E-state index contributed by atoms with van der Waals surface area (Å²) >= 11 is 1.87. The summed E-state index contributed by atoms with van der Waals surface area (Å²) in [5.41, 5.74) is 14.1. The molecule has 0 atom stereocenters. The van der Waals surface area contributed by atoms with Crippen LogP contribution < -0.4 is 0 Å². The normalized spacial score (nSPS) is 12.0. The van der Waals surface area contributed by atoms with Gasteiger partial charge in [0.2, 0.25) is 0 Å². The molecule has 0 aliphatic carbocycles. The van der Waals surface area contributed by atoms with Gasteiger partial charge in [-0.15, -0.1) is 11.3 Å². The molecule has 2 heteroatoms. The van der Waals surface area contributed by atoms with Crippen molar-refractivity contribution in [3.8, 4) is 44.5 Å². The Morgan fingerprint density at radius 2 is 0.967 bits per heavy atom. The summed E-state index contributed by atoms with van der Waals surface area (Å²) in [6.07, 6.45) is 6.22. The lowest BCUT2D eigenvalue weighted by molar-refractivity contribution is 0.669. The summed E-state index contributed by atoms with van der Waals surface area (Å²) in [6, 6.07) is 66.6. The van der Waals surface area contributed by atoms with E-state index in [1.165, 1.54) is 108 Å². The maximum Gasteiger partial charge on any atom is 0.135 e. The van der Waals surface area contributed by atoms with Crippen LogP contribution in [0.5, 0.6) is 0 Å². The molecule has 0 N–H and O–H groups in total. The number of rotatable bonds is 6. The molecule has 0 unspecified atom stereocenters. The van der Waals surface area contributed by atoms with Crippen molar-refractivity contribution in [3.05, 3.63) is 212 Å². The number of furan rings is 1. The average molecular weight is 795 g/mol. The van der Waals surface area contributed by atoms with Crippen LogP contribution in [0.4, 0.5) is 0 Å². The van der Waals surface area contributed by atoms with E-state index in [2.05, 4.69) is 196 Å². The first-order valence-corrected chi connectivity index (χ1v) is 21.7. The second kappa shape index (κ2) is 14.1. The Hall–Kier alpha value is -7.52. The van der Waals surface area contributed by atoms with Crippen molar-refractivity contribution in [1.29, 1.82) is 0 Å². The first-order chi connectivity index (χ1) is 30.2. The predicted molar refractivity (Wildman–Crippen MR) is 265 cm³/mol. The number of hydrogen-bond acceptors (Lipinski definition) is 2. The third kappa shape index (κ3) is 5.46. The zero-order valence-corrected chi connectivity index (χ0v) is 34.4. The second-order valence-electron chi connectivity index (χ2n) is 15.9. The molecule has 0 spiro atoms. The van der Waals surface area contributed by atoms with E-state index in [1.807, 2.05) is 29.5 Å². The molecule has 0 amide bonds. The Labute approximate surface area is 357 Å². The molecule has 12 rings (SSSR count). The number of fused-ring (bicyclic) bond motifs is 9. The summed E-state index contributed by atoms with van der Waals surface area (Å²) in [5, 5.41) is 12.3. The molecule has 0 bridgehead atoms. The average Bonchev–Trinajstić information content (AvgIpc) is 3.88. The van der Waals surface area contributed by atoms with Gasteiger partial charge in [0.1, 0.15) is 11.2 Å². The first kappa shape index (κ1) is 35.4. The monoisotopic (exact) mass is 794 g/mol. The largest absolute Gasteiger partial charge is 0.456 e. The summed E-state index contributed by atoms with van der Waals surface area (Å²) in [6.45, 7) is 6.38. The topological polar surface area (TPSA) is 13.1 Å². The lowest BCUT2D eigenvalue weighted by atomic mass is 9.82. The highest BCUT2D eigenvalue weighted by molar-refractivity contribution is 7.26. The SMILES string of the molecule is C=C/C=C\c1c(C)c(-c2ccc3oc4ccccc4c3c2)c2ccccc2c1-c1cccc2sc3ccc(-c4c5ccccc5c(-c5ccccc5)c5ccccc45)cc3c12. The van der Waals surface area contributed by atoms with Crippen molar-refractivity contribution in [2.24, 2.45) is 0 Å². The number of hydrogen-bond donors (Lipinski definition) is 0. The van der Waals surface area contributed by atoms with Crippen LogP contribution in [0.1, 0.15) is 11.1 Å². The lowest BCUT2D eigenvalue weighted by Crippen LogP contribution is -1.96. The molecule has 0 aliphatic rings. The van der Waals surface area contributed by atoms with E-state index < -0.39 is 0 Å². The van der Waals surface area contributed by atoms with Crippen LogP contribution in [0, 0.1) is 6.92 Å². The summed E-state index contributed by atoms with van der Waals surface area (Å²) in [7, 11) is 0. The van der Waals surface area contributed by atoms with Crippen molar-refractivity contribution >= 4 is 91.8 Å². The molecule has 286 valence electrons. The molecular formula is C59H38OS. The van der Waals surface area contributed by atoms with Gasteiger partial charge >= 0.3 is 0 Å². The fourth-order valence-electron chi connectivity index (χ4n) is 10.1. The fourth-order valence-corrected chi connectivity index (χ4v) is 11.2. The quantitative estimate of drug-likeness (QED) is 0.121. The van der Waals surface area contributed by atoms with E-state index in [9.17, 15) is 0 Å². The predicted octanol–water partition coefficient (Wildman–Crippen LogP) is 17.6. The van der Waals surface area contributed by atoms with E-state index in [4.69, 9.17) is 4.42 Å². The van der Waals surface area contributed by atoms with Crippen molar-refractivity contribution in [1.82, 2.24) is 0 Å². The summed E-state index contributed by atoms with van der Waals surface area (Å²) < 4.78 is 8.82. The second-order valence-corrected chi connectivity index (χ2v) is 17.0. The minimum Gasteiger partial charge on any atom is -0.456 e. The van der Waals surface area contributed by atoms with Crippen LogP contribution in [0.3, 0.4) is 0 Å². The fraction of sp³-hybridized carbons (Fsp3) is 0.0169. The molecule has 12 aromatic rings. The van der Waals surface area contributed by atoms with E-state index >= 15 is 0 Å². The van der Waals surface area contributed by atoms with Crippen LogP contribution >= 0.6 is 11.3 Å². The summed E-state index contributed by atoms with van der Waals surface area (Å²) in [4.78, 5) is 0. The lowest BCUT2D eigenvalue weighted by Gasteiger charge is -2.21. The number of thiophene rings is 1. The minimum atomic E-state index is 0.902. The van der Waals surface area contributed by atoms with E-state index in [1.54, 1.807) is 0 Å². The van der Waals surface area contributed by atoms with Gasteiger partial charge < -0.3 is 4.42 Å². The van der Waals surface area contributed by atoms with E-state index in [-0.39, 0.29) is 0 Å². The highest BCUT2D eigenvalue weighted by Crippen LogP contribution is 2.50. The van der Waals surface area contributed by atoms with Crippen molar-refractivity contribution < 1.29 is 4.42 Å². The highest BCUT2D eigenvalue weighted by Gasteiger charge is 2.23. The molecule has 10 aromatic carbocycles. The highest BCUT2D eigenvalue weighted by atomic mass is 32.1. The Morgan fingerprint density at radius 3 is 1.66 bits per heavy atom. The third-order valence-electron chi connectivity index (χ3n) is 12.6. The Kier molecular flexibility index (Phi) is 8.16. The van der Waals surface area contributed by atoms with Gasteiger partial charge in [-0.1, -0.05) is 170 Å². The van der Waals surface area contributed by atoms with Crippen molar-refractivity contribution in [3.63, 3.8) is 0 Å². The minimum absolute atomic E-state index is 0.902. The Balaban J connectivity index is 1.13. The van der Waals surface area contributed by atoms with E-state index in [0.29, 0.717) is 0 Å². The number of allylic oxidation sites excluding steroid dienone is 2. The van der Waals surface area contributed by atoms with Crippen molar-refractivity contribution in [2.45, 2.75) is 6.92 Å². The molecule has 0 saturated carbocycles. The van der Waals surface area contributed by atoms with Crippen LogP contribution in [-0.4, -0.2) is 0 Å². The Bertz CT molecular complexity index is 3730. The molecule has 0 radical (unpaired) electrons. The van der Waals surface area contributed by atoms with Crippen LogP contribution in [0.15, 0.2) is 205 Å². The van der Waals surface area contributed by atoms with Gasteiger partial charge in [0, 0.05) is 30.9 Å². The summed E-state index contributed by atoms with van der Waals surface area (Å²) in [5.74, 6) is 0. The van der Waals surface area contributed by atoms with Gasteiger partial charge in [0.15, 0.2) is 0 Å². The Morgan fingerprint density at radius 1 is 0.426 bits per heavy atom. The molecule has 0 aliphatic heterocycles. The van der Waals surface area contributed by atoms with Gasteiger partial charge in [0.05, 0.1) is 0 Å². The maximum absolute atomic E-state index is 6.26. The maximum atomic E-state index is 6.26. The van der Waals surface area contributed by atoms with E-state index in [0.717, 1.165) is 21.9 Å². The van der Waals surface area contributed by atoms with Crippen LogP contribution in [0.2, 0.25) is 0 Å². The zero-order valence-electron chi connectivity index (χ0n) is 33.6. The molecule has 0 saturated heterocycles. The van der Waals surface area contributed by atoms with Gasteiger partial charge in [0.25, 0.3) is 0 Å². The first-order valence-electron chi connectivity index (χ1n) is 20.9. The number of para-hydroxylation sites is 1. The molecular weight excluding hydrogens is 757 g/mol. The van der Waals surface area contributed by atoms with Gasteiger partial charge in [-0.2, -0.15) is 0 Å². The molecule has 2 heterocycles. The standard InChI is InChI=1S/C59H38OS/c1-3-4-19-40-36(2)55(38-30-32-52-49(34-38)41-20-14-15-28-51(41)60-52)42-21-8-13-26-47(42)58(40)48-27-16-29-54-59(48)50-35-39(31-33-53(50)61-54)57-45-24-11-9-22-43(45)56(37-17-6-5-7-18-37)44-23-10-12-25-46(44)57/h3-35H,1H2,2H3/b19-4-. The van der Waals surface area contributed by atoms with Gasteiger partial charge in [-0.05, 0) is 131 Å². The molecule has 0 fully saturated rings. The van der Waals surface area contributed by atoms with Gasteiger partial charge in [-0.25, -0.2) is 0 Å². The van der Waals surface area contributed by atoms with Crippen LogP contribution in [-0.2, 0) is 0 Å².